The molecular weight excluding hydrogens is 859 g/mol. The first-order valence-electron chi connectivity index (χ1n) is 21.8. The van der Waals surface area contributed by atoms with Crippen molar-refractivity contribution in [2.24, 2.45) is 11.7 Å². The van der Waals surface area contributed by atoms with E-state index in [0.29, 0.717) is 36.3 Å². The Morgan fingerprint density at radius 1 is 0.909 bits per heavy atom. The number of primary amides is 1. The number of anilines is 2. The molecule has 0 saturated carbocycles. The number of nitrogens with one attached hydrogen (secondary N) is 3. The summed E-state index contributed by atoms with van der Waals surface area (Å²) in [5.74, 6) is -1.48. The average molecular weight is 920 g/mol. The fourth-order valence-electron chi connectivity index (χ4n) is 7.95. The molecule has 0 fully saturated rings. The van der Waals surface area contributed by atoms with Gasteiger partial charge in [0.25, 0.3) is 11.8 Å². The van der Waals surface area contributed by atoms with Gasteiger partial charge in [0, 0.05) is 23.9 Å². The highest BCUT2D eigenvalue weighted by molar-refractivity contribution is 7.00. The lowest BCUT2D eigenvalue weighted by atomic mass is 9.98. The number of carbonyl (C=O) groups is 5. The van der Waals surface area contributed by atoms with Crippen molar-refractivity contribution >= 4 is 60.0 Å². The van der Waals surface area contributed by atoms with Crippen LogP contribution in [0.1, 0.15) is 76.7 Å². The Hall–Kier alpha value is -6.91. The molecule has 0 aliphatic carbocycles. The van der Waals surface area contributed by atoms with Crippen molar-refractivity contribution in [3.05, 3.63) is 133 Å². The van der Waals surface area contributed by atoms with Crippen LogP contribution in [0.5, 0.6) is 11.5 Å². The molecular formula is C50H61N5O10Si. The highest BCUT2D eigenvalue weighted by atomic mass is 28.4. The van der Waals surface area contributed by atoms with Gasteiger partial charge in [-0.1, -0.05) is 112 Å². The van der Waals surface area contributed by atoms with Crippen molar-refractivity contribution in [2.45, 2.75) is 90.6 Å². The zero-order chi connectivity index (χ0) is 48.2. The lowest BCUT2D eigenvalue weighted by Gasteiger charge is -2.43. The summed E-state index contributed by atoms with van der Waals surface area (Å²) < 4.78 is 24.0. The van der Waals surface area contributed by atoms with Crippen LogP contribution in [0.2, 0.25) is 5.04 Å². The summed E-state index contributed by atoms with van der Waals surface area (Å²) in [6.45, 7) is 14.7. The predicted octanol–water partition coefficient (Wildman–Crippen LogP) is 7.00. The van der Waals surface area contributed by atoms with Gasteiger partial charge in [0.1, 0.15) is 18.4 Å². The van der Waals surface area contributed by atoms with Crippen LogP contribution in [0.15, 0.2) is 121 Å². The van der Waals surface area contributed by atoms with Gasteiger partial charge in [0.2, 0.25) is 5.91 Å². The van der Waals surface area contributed by atoms with E-state index in [0.717, 1.165) is 15.9 Å². The number of aliphatic hydroxyl groups excluding tert-OH is 1. The molecule has 0 aromatic heterocycles. The molecule has 4 atom stereocenters. The van der Waals surface area contributed by atoms with Gasteiger partial charge in [0.15, 0.2) is 11.9 Å². The molecule has 6 N–H and O–H groups in total. The lowest BCUT2D eigenvalue weighted by molar-refractivity contribution is -0.134. The molecule has 1 aliphatic heterocycles. The predicted molar refractivity (Wildman–Crippen MR) is 256 cm³/mol. The smallest absolute Gasteiger partial charge is 0.411 e. The van der Waals surface area contributed by atoms with Gasteiger partial charge in [-0.05, 0) is 72.3 Å². The second kappa shape index (κ2) is 22.3. The summed E-state index contributed by atoms with van der Waals surface area (Å²) in [4.78, 5) is 67.0. The van der Waals surface area contributed by atoms with Crippen LogP contribution in [0, 0.1) is 5.92 Å². The summed E-state index contributed by atoms with van der Waals surface area (Å²) in [6.07, 6.45) is 1.80. The van der Waals surface area contributed by atoms with Gasteiger partial charge >= 0.3 is 20.5 Å². The number of aliphatic hydroxyl groups is 1. The van der Waals surface area contributed by atoms with Crippen molar-refractivity contribution in [3.8, 4) is 11.5 Å². The van der Waals surface area contributed by atoms with E-state index in [4.69, 9.17) is 24.4 Å². The number of amides is 5. The second-order valence-electron chi connectivity index (χ2n) is 17.4. The quantitative estimate of drug-likeness (QED) is 0.0481. The first kappa shape index (κ1) is 50.1. The molecule has 4 aromatic rings. The number of benzene rings is 4. The molecule has 16 heteroatoms. The Labute approximate surface area is 387 Å². The largest absolute Gasteiger partial charge is 0.531 e. The van der Waals surface area contributed by atoms with Gasteiger partial charge in [-0.25, -0.2) is 9.59 Å². The summed E-state index contributed by atoms with van der Waals surface area (Å²) >= 11 is 0. The number of ether oxygens (including phenoxy) is 3. The molecule has 5 amide bonds. The number of nitrogens with two attached hydrogens (primary N) is 1. The topological polar surface area (TPSA) is 208 Å². The van der Waals surface area contributed by atoms with E-state index >= 15 is 0 Å². The van der Waals surface area contributed by atoms with Gasteiger partial charge in [-0.2, -0.15) is 0 Å². The van der Waals surface area contributed by atoms with E-state index in [-0.39, 0.29) is 36.1 Å². The molecule has 0 radical (unpaired) electrons. The highest BCUT2D eigenvalue weighted by Crippen LogP contribution is 2.42. The van der Waals surface area contributed by atoms with E-state index in [1.807, 2.05) is 43.3 Å². The standard InChI is InChI=1S/C50H61N5O10Si/c1-9-10-17-33(3)44(64-48(51)60)46(58)52-34(4)45(57)53-36-24-22-35(23-25-36)31-63-49(61)54-41-28-43(42(62-8)27-40(41)47(59)55-29-32(2)26-37(55)30-56)65-66(50(5,6)7,38-18-13-11-14-19-38)39-20-15-12-16-21-39/h9,11-16,18-25,27-29,33-34,37,44,56H,1,10,17,26,30-31H2,2-8H3,(H2,51,60)(H,52,58)(H,53,57)(H,54,61)/t33?,34-,37-,44-/m0/s1. The molecule has 4 aromatic carbocycles. The van der Waals surface area contributed by atoms with Crippen molar-refractivity contribution in [3.63, 3.8) is 0 Å². The lowest BCUT2D eigenvalue weighted by Crippen LogP contribution is -2.68. The van der Waals surface area contributed by atoms with Crippen LogP contribution in [-0.4, -0.2) is 80.1 Å². The Kier molecular flexibility index (Phi) is 16.9. The molecule has 1 unspecified atom stereocenters. The third-order valence-corrected chi connectivity index (χ3v) is 16.3. The number of hydrogen-bond donors (Lipinski definition) is 5. The minimum Gasteiger partial charge on any atom is -0.531 e. The fourth-order valence-corrected chi connectivity index (χ4v) is 12.4. The Morgan fingerprint density at radius 2 is 1.53 bits per heavy atom. The number of methoxy groups -OCH3 is 1. The molecule has 5 rings (SSSR count). The van der Waals surface area contributed by atoms with Gasteiger partial charge < -0.3 is 45.0 Å². The third kappa shape index (κ3) is 12.0. The maximum atomic E-state index is 14.4. The van der Waals surface area contributed by atoms with Crippen molar-refractivity contribution < 1.29 is 47.7 Å². The normalized spacial score (nSPS) is 15.0. The van der Waals surface area contributed by atoms with E-state index in [1.54, 1.807) is 55.6 Å². The first-order chi connectivity index (χ1) is 31.4. The van der Waals surface area contributed by atoms with Crippen molar-refractivity contribution in [1.29, 1.82) is 0 Å². The van der Waals surface area contributed by atoms with Crippen molar-refractivity contribution in [2.75, 3.05) is 24.4 Å². The highest BCUT2D eigenvalue weighted by Gasteiger charge is 2.52. The van der Waals surface area contributed by atoms with Crippen LogP contribution in [0.3, 0.4) is 0 Å². The molecule has 0 bridgehead atoms. The van der Waals surface area contributed by atoms with Gasteiger partial charge in [0.05, 0.1) is 31.0 Å². The van der Waals surface area contributed by atoms with Crippen LogP contribution in [-0.2, 0) is 25.7 Å². The number of nitrogens with zero attached hydrogens (tertiary/aromatic N) is 1. The minimum atomic E-state index is -3.23. The molecule has 0 spiro atoms. The summed E-state index contributed by atoms with van der Waals surface area (Å²) in [5.41, 5.74) is 7.29. The molecule has 15 nitrogen and oxygen atoms in total. The fraction of sp³-hybridized carbons (Fsp3) is 0.340. The van der Waals surface area contributed by atoms with E-state index in [1.165, 1.54) is 18.9 Å². The van der Waals surface area contributed by atoms with Crippen molar-refractivity contribution in [1.82, 2.24) is 10.2 Å². The average Bonchev–Trinajstić information content (AvgIpc) is 3.69. The maximum Gasteiger partial charge on any atom is 0.411 e. The SMILES string of the molecule is C=CCCC(C)[C@H](OC(N)=O)C(=O)N[C@@H](C)C(=O)Nc1ccc(COC(=O)Nc2cc(O[Si](c3ccccc3)(c3ccccc3)C(C)(C)C)c(OC)cc2C(=O)N2C=C(C)C[C@H]2CO)cc1. The van der Waals surface area contributed by atoms with E-state index < -0.39 is 61.5 Å². The number of hydrogen-bond acceptors (Lipinski definition) is 10. The zero-order valence-electron chi connectivity index (χ0n) is 38.6. The van der Waals surface area contributed by atoms with Crippen LogP contribution in [0.25, 0.3) is 0 Å². The summed E-state index contributed by atoms with van der Waals surface area (Å²) in [5, 5.41) is 19.9. The van der Waals surface area contributed by atoms with Crippen LogP contribution >= 0.6 is 0 Å². The maximum absolute atomic E-state index is 14.4. The Balaban J connectivity index is 1.37. The molecule has 1 aliphatic rings. The Bertz CT molecular complexity index is 2350. The number of rotatable bonds is 19. The monoisotopic (exact) mass is 919 g/mol. The van der Waals surface area contributed by atoms with Gasteiger partial charge in [-0.15, -0.1) is 6.58 Å². The summed E-state index contributed by atoms with van der Waals surface area (Å²) in [6, 6.07) is 28.2. The van der Waals surface area contributed by atoms with Gasteiger partial charge in [-0.3, -0.25) is 19.7 Å². The molecule has 0 saturated heterocycles. The zero-order valence-corrected chi connectivity index (χ0v) is 39.6. The van der Waals surface area contributed by atoms with Crippen LogP contribution < -0.4 is 41.2 Å². The molecule has 350 valence electrons. The van der Waals surface area contributed by atoms with Crippen LogP contribution in [0.4, 0.5) is 21.0 Å². The molecule has 1 heterocycles. The first-order valence-corrected chi connectivity index (χ1v) is 23.7. The number of carbonyl (C=O) groups excluding carboxylic acids is 5. The third-order valence-electron chi connectivity index (χ3n) is 11.4. The van der Waals surface area contributed by atoms with E-state index in [2.05, 4.69) is 67.6 Å². The molecule has 66 heavy (non-hydrogen) atoms. The Morgan fingerprint density at radius 3 is 2.08 bits per heavy atom. The second-order valence-corrected chi connectivity index (χ2v) is 21.6. The summed E-state index contributed by atoms with van der Waals surface area (Å²) in [7, 11) is -1.75. The van der Waals surface area contributed by atoms with E-state index in [9.17, 15) is 29.1 Å². The minimum absolute atomic E-state index is 0.0895. The number of allylic oxidation sites excluding steroid dienone is 1.